The van der Waals surface area contributed by atoms with Crippen molar-refractivity contribution in [2.24, 2.45) is 0 Å². The van der Waals surface area contributed by atoms with Crippen LogP contribution in [0.15, 0.2) is 255 Å². The molecule has 0 bridgehead atoms. The average molecular weight is 807 g/mol. The molecule has 0 atom stereocenters. The lowest BCUT2D eigenvalue weighted by atomic mass is 9.99. The van der Waals surface area contributed by atoms with Crippen molar-refractivity contribution in [1.82, 2.24) is 9.55 Å². The smallest absolute Gasteiger partial charge is 0.0542 e. The van der Waals surface area contributed by atoms with Crippen molar-refractivity contribution in [1.29, 1.82) is 0 Å². The van der Waals surface area contributed by atoms with E-state index in [9.17, 15) is 0 Å². The lowest BCUT2D eigenvalue weighted by molar-refractivity contribution is 1.18. The quantitative estimate of drug-likeness (QED) is 0.138. The summed E-state index contributed by atoms with van der Waals surface area (Å²) >= 11 is 0. The summed E-state index contributed by atoms with van der Waals surface area (Å²) in [6.45, 7) is 0. The average Bonchev–Trinajstić information content (AvgIpc) is 3.69. The summed E-state index contributed by atoms with van der Waals surface area (Å²) in [6.07, 6.45) is 3.87. The monoisotopic (exact) mass is 806 g/mol. The van der Waals surface area contributed by atoms with E-state index in [1.165, 1.54) is 10.8 Å². The van der Waals surface area contributed by atoms with Crippen molar-refractivity contribution in [3.05, 3.63) is 255 Å². The molecule has 0 aliphatic rings. The van der Waals surface area contributed by atoms with Gasteiger partial charge < -0.3 is 14.4 Å². The van der Waals surface area contributed by atoms with Crippen LogP contribution in [0.25, 0.3) is 60.9 Å². The molecule has 0 aliphatic heterocycles. The Morgan fingerprint density at radius 1 is 0.270 bits per heavy atom. The number of hydrogen-bond acceptors (Lipinski definition) is 3. The molecule has 0 spiro atoms. The fraction of sp³-hybridized carbons (Fsp3) is 0. The van der Waals surface area contributed by atoms with Crippen LogP contribution < -0.4 is 9.80 Å². The van der Waals surface area contributed by atoms with Crippen LogP contribution in [0.5, 0.6) is 0 Å². The molecule has 63 heavy (non-hydrogen) atoms. The minimum Gasteiger partial charge on any atom is -0.310 e. The number of fused-ring (bicyclic) bond motifs is 3. The highest BCUT2D eigenvalue weighted by Gasteiger charge is 2.20. The predicted molar refractivity (Wildman–Crippen MR) is 264 cm³/mol. The molecule has 11 rings (SSSR count). The second-order valence-electron chi connectivity index (χ2n) is 15.7. The van der Waals surface area contributed by atoms with Crippen molar-refractivity contribution >= 4 is 55.9 Å². The molecule has 11 aromatic rings. The van der Waals surface area contributed by atoms with Crippen LogP contribution in [-0.2, 0) is 0 Å². The third kappa shape index (κ3) is 7.30. The highest BCUT2D eigenvalue weighted by Crippen LogP contribution is 2.43. The van der Waals surface area contributed by atoms with E-state index in [1.54, 1.807) is 0 Å². The second kappa shape index (κ2) is 16.5. The molecule has 0 aliphatic carbocycles. The first kappa shape index (κ1) is 37.5. The first-order valence-corrected chi connectivity index (χ1v) is 21.4. The van der Waals surface area contributed by atoms with Gasteiger partial charge in [0.05, 0.1) is 11.0 Å². The Hall–Kier alpha value is -8.47. The summed E-state index contributed by atoms with van der Waals surface area (Å²) in [4.78, 5) is 9.24. The number of aromatic nitrogens is 2. The molecule has 0 N–H and O–H groups in total. The highest BCUT2D eigenvalue weighted by molar-refractivity contribution is 6.12. The molecule has 9 aromatic carbocycles. The molecule has 2 heterocycles. The van der Waals surface area contributed by atoms with Gasteiger partial charge in [-0.25, -0.2) is 0 Å². The lowest BCUT2D eigenvalue weighted by Crippen LogP contribution is -2.09. The van der Waals surface area contributed by atoms with Gasteiger partial charge >= 0.3 is 0 Å². The fourth-order valence-corrected chi connectivity index (χ4v) is 8.80. The summed E-state index contributed by atoms with van der Waals surface area (Å²) in [5, 5.41) is 2.35. The summed E-state index contributed by atoms with van der Waals surface area (Å²) in [6, 6.07) is 86.6. The van der Waals surface area contributed by atoms with E-state index >= 15 is 0 Å². The van der Waals surface area contributed by atoms with Gasteiger partial charge in [-0.05, 0) is 125 Å². The normalized spacial score (nSPS) is 11.2. The summed E-state index contributed by atoms with van der Waals surface area (Å²) in [5.74, 6) is 0. The lowest BCUT2D eigenvalue weighted by Gasteiger charge is -2.26. The van der Waals surface area contributed by atoms with Gasteiger partial charge in [-0.1, -0.05) is 140 Å². The largest absolute Gasteiger partial charge is 0.310 e. The number of benzene rings is 9. The Balaban J connectivity index is 1.02. The van der Waals surface area contributed by atoms with Gasteiger partial charge in [-0.15, -0.1) is 0 Å². The number of hydrogen-bond donors (Lipinski definition) is 0. The van der Waals surface area contributed by atoms with Crippen molar-refractivity contribution in [3.8, 4) is 39.1 Å². The Labute approximate surface area is 367 Å². The molecule has 0 saturated heterocycles. The van der Waals surface area contributed by atoms with Crippen molar-refractivity contribution in [3.63, 3.8) is 0 Å². The van der Waals surface area contributed by atoms with Gasteiger partial charge in [0, 0.05) is 74.1 Å². The van der Waals surface area contributed by atoms with Gasteiger partial charge in [-0.3, -0.25) is 4.98 Å². The van der Waals surface area contributed by atoms with Crippen LogP contribution in [0, 0.1) is 0 Å². The van der Waals surface area contributed by atoms with Gasteiger partial charge in [0.1, 0.15) is 0 Å². The standard InChI is InChI=1S/C59H42N4/c1-6-16-43(17-7-1)47-38-48(42-60-41-47)46-28-26-44(27-29-46)45-30-32-53(33-31-45)63-58-36-34-54(61(49-18-8-2-9-19-49)50-20-10-3-11-21-50)39-56(58)57-40-55(35-37-59(57)63)62(51-22-12-4-13-23-51)52-24-14-5-15-25-52/h1-42H. The van der Waals surface area contributed by atoms with E-state index in [4.69, 9.17) is 0 Å². The van der Waals surface area contributed by atoms with Crippen LogP contribution in [-0.4, -0.2) is 9.55 Å². The van der Waals surface area contributed by atoms with Crippen LogP contribution in [0.1, 0.15) is 0 Å². The Kier molecular flexibility index (Phi) is 9.85. The topological polar surface area (TPSA) is 24.3 Å². The molecule has 0 fully saturated rings. The second-order valence-corrected chi connectivity index (χ2v) is 15.7. The molecule has 2 aromatic heterocycles. The molecule has 298 valence electrons. The van der Waals surface area contributed by atoms with E-state index in [2.05, 4.69) is 256 Å². The number of rotatable bonds is 10. The minimum absolute atomic E-state index is 1.09. The van der Waals surface area contributed by atoms with Gasteiger partial charge in [0.15, 0.2) is 0 Å². The fourth-order valence-electron chi connectivity index (χ4n) is 8.80. The SMILES string of the molecule is c1ccc(-c2cncc(-c3ccc(-c4ccc(-n5c6ccc(N(c7ccccc7)c7ccccc7)cc6c6cc(N(c7ccccc7)c7ccccc7)ccc65)cc4)cc3)c2)cc1. The summed E-state index contributed by atoms with van der Waals surface area (Å²) in [5.41, 5.74) is 16.8. The van der Waals surface area contributed by atoms with E-state index in [1.807, 2.05) is 18.5 Å². The molecular formula is C59H42N4. The third-order valence-electron chi connectivity index (χ3n) is 11.8. The summed E-state index contributed by atoms with van der Waals surface area (Å²) < 4.78 is 2.41. The molecule has 0 unspecified atom stereocenters. The van der Waals surface area contributed by atoms with Crippen LogP contribution in [0.4, 0.5) is 34.1 Å². The van der Waals surface area contributed by atoms with Crippen molar-refractivity contribution < 1.29 is 0 Å². The molecule has 4 nitrogen and oxygen atoms in total. The number of pyridine rings is 1. The molecule has 0 saturated carbocycles. The maximum atomic E-state index is 4.57. The zero-order chi connectivity index (χ0) is 42.0. The number of para-hydroxylation sites is 4. The molecule has 0 amide bonds. The zero-order valence-electron chi connectivity index (χ0n) is 34.5. The molecular weight excluding hydrogens is 765 g/mol. The van der Waals surface area contributed by atoms with E-state index in [0.717, 1.165) is 84.2 Å². The van der Waals surface area contributed by atoms with Crippen LogP contribution >= 0.6 is 0 Å². The maximum absolute atomic E-state index is 4.57. The Morgan fingerprint density at radius 2 is 0.603 bits per heavy atom. The third-order valence-corrected chi connectivity index (χ3v) is 11.8. The van der Waals surface area contributed by atoms with E-state index in [0.29, 0.717) is 0 Å². The van der Waals surface area contributed by atoms with Gasteiger partial charge in [-0.2, -0.15) is 0 Å². The number of nitrogens with zero attached hydrogens (tertiary/aromatic N) is 4. The van der Waals surface area contributed by atoms with Crippen molar-refractivity contribution in [2.75, 3.05) is 9.80 Å². The molecule has 4 heteroatoms. The molecule has 0 radical (unpaired) electrons. The minimum atomic E-state index is 1.09. The Bertz CT molecular complexity index is 3070. The van der Waals surface area contributed by atoms with Gasteiger partial charge in [0.25, 0.3) is 0 Å². The zero-order valence-corrected chi connectivity index (χ0v) is 34.5. The van der Waals surface area contributed by atoms with E-state index < -0.39 is 0 Å². The Morgan fingerprint density at radius 3 is 1.00 bits per heavy atom. The highest BCUT2D eigenvalue weighted by atomic mass is 15.1. The predicted octanol–water partition coefficient (Wildman–Crippen LogP) is 16.1. The van der Waals surface area contributed by atoms with Crippen LogP contribution in [0.2, 0.25) is 0 Å². The first-order valence-electron chi connectivity index (χ1n) is 21.4. The van der Waals surface area contributed by atoms with Crippen LogP contribution in [0.3, 0.4) is 0 Å². The van der Waals surface area contributed by atoms with E-state index in [-0.39, 0.29) is 0 Å². The van der Waals surface area contributed by atoms with Gasteiger partial charge in [0.2, 0.25) is 0 Å². The maximum Gasteiger partial charge on any atom is 0.0542 e. The summed E-state index contributed by atoms with van der Waals surface area (Å²) in [7, 11) is 0. The first-order chi connectivity index (χ1) is 31.2. The number of anilines is 6. The van der Waals surface area contributed by atoms with Crippen molar-refractivity contribution in [2.45, 2.75) is 0 Å².